The molecule has 0 aliphatic carbocycles. The fourth-order valence-corrected chi connectivity index (χ4v) is 9.94. The van der Waals surface area contributed by atoms with Crippen LogP contribution in [0.15, 0.2) is 104 Å². The molecule has 396 valence electrons. The van der Waals surface area contributed by atoms with Crippen molar-refractivity contribution in [3.05, 3.63) is 127 Å². The van der Waals surface area contributed by atoms with E-state index in [4.69, 9.17) is 37.0 Å². The zero-order chi connectivity index (χ0) is 53.3. The number of hydrogen-bond donors (Lipinski definition) is 6. The lowest BCUT2D eigenvalue weighted by molar-refractivity contribution is -0.150. The lowest BCUT2D eigenvalue weighted by Crippen LogP contribution is -2.43. The summed E-state index contributed by atoms with van der Waals surface area (Å²) in [4.78, 5) is 75.4. The maximum absolute atomic E-state index is 15.4. The van der Waals surface area contributed by atoms with E-state index in [1.807, 2.05) is 9.97 Å². The fraction of sp³-hybridized carbons (Fsp3) is 0.500. The van der Waals surface area contributed by atoms with Crippen molar-refractivity contribution < 1.29 is 74.8 Å². The number of nitrogens with zero attached hydrogens (tertiary/aromatic N) is 2. The molecule has 72 heavy (non-hydrogen) atoms. The van der Waals surface area contributed by atoms with Gasteiger partial charge < -0.3 is 38.2 Å². The number of alkyl halides is 2. The predicted octanol–water partition coefficient (Wildman–Crippen LogP) is 3.31. The first-order valence-electron chi connectivity index (χ1n) is 22.3. The summed E-state index contributed by atoms with van der Waals surface area (Å²) in [6.45, 7) is 10.1. The number of aromatic nitrogens is 4. The summed E-state index contributed by atoms with van der Waals surface area (Å²) in [5.41, 5.74) is -8.23. The SMILES string of the molecule is CC(C)OC(=O)[C@@H](C)NP(=O)(OC[C@H]1O[C@@H](n2ccc(=O)[nH]c2=O)[C@](C)(F)[C@@H]1O)Oc1ccccc1.CC(C)OC(=O)[C@H](C)NP(=O)(OC[C@H]1O[C@@H](n2ccc(=O)[nH]c2=O)[C@](C)(F)[C@@H]1O)Oc1ccccc1. The second-order valence-electron chi connectivity index (χ2n) is 17.3. The molecule has 12 atom stereocenters. The number of aromatic amines is 2. The van der Waals surface area contributed by atoms with Crippen molar-refractivity contribution in [3.63, 3.8) is 0 Å². The van der Waals surface area contributed by atoms with E-state index in [1.54, 1.807) is 64.1 Å². The summed E-state index contributed by atoms with van der Waals surface area (Å²) in [6.07, 6.45) is -8.42. The number of aliphatic hydroxyl groups is 2. The summed E-state index contributed by atoms with van der Waals surface area (Å²) in [5, 5.41) is 26.1. The van der Waals surface area contributed by atoms with Gasteiger partial charge in [0.05, 0.1) is 25.4 Å². The Morgan fingerprint density at radius 1 is 0.639 bits per heavy atom. The van der Waals surface area contributed by atoms with Crippen LogP contribution >= 0.6 is 15.5 Å². The van der Waals surface area contributed by atoms with Gasteiger partial charge in [0, 0.05) is 24.5 Å². The van der Waals surface area contributed by atoms with Gasteiger partial charge in [-0.1, -0.05) is 36.4 Å². The Morgan fingerprint density at radius 2 is 0.972 bits per heavy atom. The van der Waals surface area contributed by atoms with Gasteiger partial charge in [-0.3, -0.25) is 47.3 Å². The molecule has 2 fully saturated rings. The molecule has 0 radical (unpaired) electrons. The number of ether oxygens (including phenoxy) is 4. The zero-order valence-corrected chi connectivity index (χ0v) is 42.0. The standard InChI is InChI=1S/2C22H29FN3O9P/c2*1-13(2)33-19(29)14(3)25-36(31,35-15-8-6-5-7-9-15)32-12-16-18(28)22(4,23)20(34-16)26-11-10-17(27)24-21(26)30/h2*5-11,13-14,16,18,20,28H,12H2,1-4H3,(H,25,31)(H,24,27,30)/t14-,16+,18+,20+,22+,36?;14-,16-,18-,20-,22-,36?/m01/s1. The molecule has 6 N–H and O–H groups in total. The number of rotatable bonds is 20. The van der Waals surface area contributed by atoms with Crippen molar-refractivity contribution in [2.45, 2.75) is 128 Å². The normalized spacial score (nSPS) is 26.4. The number of H-pyrrole nitrogens is 2. The zero-order valence-electron chi connectivity index (χ0n) is 40.2. The molecule has 24 nitrogen and oxygen atoms in total. The molecule has 0 spiro atoms. The summed E-state index contributed by atoms with van der Waals surface area (Å²) < 4.78 is 103. The van der Waals surface area contributed by atoms with Gasteiger partial charge >= 0.3 is 38.8 Å². The van der Waals surface area contributed by atoms with Crippen LogP contribution < -0.4 is 41.7 Å². The molecule has 28 heteroatoms. The van der Waals surface area contributed by atoms with Gasteiger partial charge in [-0.15, -0.1) is 0 Å². The van der Waals surface area contributed by atoms with Crippen LogP contribution in [0, 0.1) is 0 Å². The number of carbonyl (C=O) groups excluding carboxylic acids is 2. The molecule has 2 unspecified atom stereocenters. The number of para-hydroxylation sites is 2. The van der Waals surface area contributed by atoms with Gasteiger partial charge in [0.2, 0.25) is 0 Å². The lowest BCUT2D eigenvalue weighted by atomic mass is 9.98. The van der Waals surface area contributed by atoms with Crippen molar-refractivity contribution in [1.29, 1.82) is 0 Å². The summed E-state index contributed by atoms with van der Waals surface area (Å²) >= 11 is 0. The average Bonchev–Trinajstić information content (AvgIpc) is 3.66. The third-order valence-electron chi connectivity index (χ3n) is 10.5. The topological polar surface area (TPSA) is 316 Å². The van der Waals surface area contributed by atoms with Crippen molar-refractivity contribution in [1.82, 2.24) is 29.3 Å². The van der Waals surface area contributed by atoms with Crippen LogP contribution in [0.1, 0.15) is 67.8 Å². The molecule has 4 heterocycles. The van der Waals surface area contributed by atoms with Crippen molar-refractivity contribution in [3.8, 4) is 11.5 Å². The highest BCUT2D eigenvalue weighted by atomic mass is 31.2. The molecule has 2 aromatic heterocycles. The van der Waals surface area contributed by atoms with Gasteiger partial charge in [0.15, 0.2) is 23.8 Å². The van der Waals surface area contributed by atoms with Crippen LogP contribution in [0.2, 0.25) is 0 Å². The largest absolute Gasteiger partial charge is 0.462 e. The van der Waals surface area contributed by atoms with Crippen LogP contribution in [-0.4, -0.2) is 115 Å². The molecule has 2 aliphatic heterocycles. The molecular weight excluding hydrogens is 1000 g/mol. The van der Waals surface area contributed by atoms with E-state index in [0.717, 1.165) is 47.5 Å². The number of halogens is 2. The van der Waals surface area contributed by atoms with E-state index in [1.165, 1.54) is 38.1 Å². The molecule has 6 rings (SSSR count). The Bertz CT molecular complexity index is 2620. The fourth-order valence-electron chi connectivity index (χ4n) is 6.94. The van der Waals surface area contributed by atoms with E-state index in [2.05, 4.69) is 10.2 Å². The summed E-state index contributed by atoms with van der Waals surface area (Å²) in [5.74, 6) is -1.12. The number of nitrogens with one attached hydrogen (secondary N) is 4. The van der Waals surface area contributed by atoms with Crippen molar-refractivity contribution in [2.24, 2.45) is 0 Å². The molecular formula is C44H58F2N6O18P2. The van der Waals surface area contributed by atoms with Crippen molar-refractivity contribution >= 4 is 27.4 Å². The van der Waals surface area contributed by atoms with Crippen LogP contribution in [-0.2, 0) is 46.7 Å². The second kappa shape index (κ2) is 23.9. The molecule has 2 aromatic carbocycles. The molecule has 2 saturated heterocycles. The number of aliphatic hydroxyl groups excluding tert-OH is 2. The minimum atomic E-state index is -4.30. The predicted molar refractivity (Wildman–Crippen MR) is 250 cm³/mol. The first kappa shape index (κ1) is 57.2. The Hall–Kier alpha value is -5.66. The van der Waals surface area contributed by atoms with E-state index >= 15 is 8.78 Å². The Balaban J connectivity index is 0.000000267. The number of hydrogen-bond acceptors (Lipinski definition) is 18. The maximum Gasteiger partial charge on any atom is 0.459 e. The Kier molecular flexibility index (Phi) is 19.0. The van der Waals surface area contributed by atoms with E-state index in [9.17, 15) is 48.1 Å². The monoisotopic (exact) mass is 1060 g/mol. The van der Waals surface area contributed by atoms with Crippen LogP contribution in [0.5, 0.6) is 11.5 Å². The lowest BCUT2D eigenvalue weighted by Gasteiger charge is -2.25. The van der Waals surface area contributed by atoms with Gasteiger partial charge in [-0.2, -0.15) is 10.2 Å². The van der Waals surface area contributed by atoms with E-state index in [-0.39, 0.29) is 11.5 Å². The summed E-state index contributed by atoms with van der Waals surface area (Å²) in [7, 11) is -8.61. The van der Waals surface area contributed by atoms with Crippen LogP contribution in [0.4, 0.5) is 8.78 Å². The molecule has 0 saturated carbocycles. The van der Waals surface area contributed by atoms with Crippen LogP contribution in [0.25, 0.3) is 0 Å². The Labute approximate surface area is 410 Å². The number of carbonyl (C=O) groups is 2. The Morgan fingerprint density at radius 3 is 1.28 bits per heavy atom. The van der Waals surface area contributed by atoms with Crippen molar-refractivity contribution in [2.75, 3.05) is 13.2 Å². The van der Waals surface area contributed by atoms with Gasteiger partial charge in [-0.25, -0.2) is 27.5 Å². The number of benzene rings is 2. The molecule has 0 amide bonds. The third kappa shape index (κ3) is 14.7. The molecule has 0 bridgehead atoms. The van der Waals surface area contributed by atoms with Gasteiger partial charge in [0.25, 0.3) is 11.1 Å². The van der Waals surface area contributed by atoms with E-state index < -0.39 is 136 Å². The third-order valence-corrected chi connectivity index (χ3v) is 13.8. The first-order valence-corrected chi connectivity index (χ1v) is 25.4. The second-order valence-corrected chi connectivity index (χ2v) is 20.7. The molecule has 2 aliphatic rings. The highest BCUT2D eigenvalue weighted by Crippen LogP contribution is 2.49. The van der Waals surface area contributed by atoms with Gasteiger partial charge in [0.1, 0.15) is 48.0 Å². The van der Waals surface area contributed by atoms with Crippen LogP contribution in [0.3, 0.4) is 0 Å². The minimum absolute atomic E-state index is 0.152. The van der Waals surface area contributed by atoms with E-state index in [0.29, 0.717) is 0 Å². The quantitative estimate of drug-likeness (QED) is 0.0546. The first-order chi connectivity index (χ1) is 33.6. The highest BCUT2D eigenvalue weighted by molar-refractivity contribution is 7.52. The smallest absolute Gasteiger partial charge is 0.459 e. The average molecular weight is 1060 g/mol. The number of esters is 2. The molecule has 4 aromatic rings. The minimum Gasteiger partial charge on any atom is -0.462 e. The van der Waals surface area contributed by atoms with Gasteiger partial charge in [-0.05, 0) is 79.7 Å². The maximum atomic E-state index is 15.4. The summed E-state index contributed by atoms with van der Waals surface area (Å²) in [6, 6.07) is 15.7. The highest BCUT2D eigenvalue weighted by Gasteiger charge is 2.57.